The molecule has 0 N–H and O–H groups in total. The third-order valence-electron chi connectivity index (χ3n) is 4.16. The van der Waals surface area contributed by atoms with Crippen LogP contribution in [0.2, 0.25) is 0 Å². The molecular weight excluding hydrogens is 309 g/mol. The van der Waals surface area contributed by atoms with Crippen LogP contribution in [0.5, 0.6) is 0 Å². The molecule has 2 fully saturated rings. The number of fused-ring (bicyclic) bond motifs is 1. The predicted molar refractivity (Wildman–Crippen MR) is 76.5 cm³/mol. The Kier molecular flexibility index (Phi) is 4.20. The Morgan fingerprint density at radius 2 is 2.11 bits per heavy atom. The first-order chi connectivity index (χ1) is 9.22. The van der Waals surface area contributed by atoms with Crippen molar-refractivity contribution in [3.8, 4) is 0 Å². The second-order valence-electron chi connectivity index (χ2n) is 5.51. The van der Waals surface area contributed by atoms with Gasteiger partial charge in [-0.25, -0.2) is 4.39 Å². The summed E-state index contributed by atoms with van der Waals surface area (Å²) in [5.74, 6) is -0.169. The first-order valence-corrected chi connectivity index (χ1v) is 7.82. The normalized spacial score (nSPS) is 28.1. The summed E-state index contributed by atoms with van der Waals surface area (Å²) in [6.45, 7) is 2.58. The van der Waals surface area contributed by atoms with Gasteiger partial charge in [-0.3, -0.25) is 4.90 Å². The first kappa shape index (κ1) is 13.5. The molecule has 1 aliphatic carbocycles. The van der Waals surface area contributed by atoms with E-state index < -0.39 is 0 Å². The molecule has 0 aromatic heterocycles. The van der Waals surface area contributed by atoms with E-state index in [1.54, 1.807) is 6.07 Å². The zero-order chi connectivity index (χ0) is 13.2. The fourth-order valence-corrected chi connectivity index (χ4v) is 3.82. The van der Waals surface area contributed by atoms with E-state index in [1.165, 1.54) is 31.7 Å². The molecule has 0 bridgehead atoms. The van der Waals surface area contributed by atoms with E-state index in [0.717, 1.165) is 29.7 Å². The van der Waals surface area contributed by atoms with Crippen LogP contribution in [0.4, 0.5) is 4.39 Å². The number of halogens is 2. The summed E-state index contributed by atoms with van der Waals surface area (Å²) in [5.41, 5.74) is 1.04. The van der Waals surface area contributed by atoms with Crippen LogP contribution >= 0.6 is 15.9 Å². The van der Waals surface area contributed by atoms with E-state index in [-0.39, 0.29) is 5.82 Å². The number of hydrogen-bond acceptors (Lipinski definition) is 2. The van der Waals surface area contributed by atoms with Gasteiger partial charge >= 0.3 is 0 Å². The van der Waals surface area contributed by atoms with Gasteiger partial charge in [-0.2, -0.15) is 0 Å². The summed E-state index contributed by atoms with van der Waals surface area (Å²) in [7, 11) is 0. The van der Waals surface area contributed by atoms with E-state index in [9.17, 15) is 4.39 Å². The summed E-state index contributed by atoms with van der Waals surface area (Å²) in [6.07, 6.45) is 5.34. The lowest BCUT2D eigenvalue weighted by Crippen LogP contribution is -2.52. The predicted octanol–water partition coefficient (Wildman–Crippen LogP) is 3.73. The van der Waals surface area contributed by atoms with Crippen LogP contribution in [0.1, 0.15) is 31.2 Å². The van der Waals surface area contributed by atoms with Gasteiger partial charge in [-0.05, 0) is 36.6 Å². The van der Waals surface area contributed by atoms with Gasteiger partial charge in [0, 0.05) is 23.6 Å². The van der Waals surface area contributed by atoms with Gasteiger partial charge in [0.05, 0.1) is 12.7 Å². The molecule has 2 nitrogen and oxygen atoms in total. The van der Waals surface area contributed by atoms with E-state index in [4.69, 9.17) is 4.74 Å². The highest BCUT2D eigenvalue weighted by molar-refractivity contribution is 9.10. The number of benzene rings is 1. The molecule has 1 heterocycles. The third kappa shape index (κ3) is 3.18. The molecule has 104 valence electrons. The second kappa shape index (κ2) is 5.90. The van der Waals surface area contributed by atoms with Gasteiger partial charge in [0.15, 0.2) is 0 Å². The Bertz CT molecular complexity index is 432. The highest BCUT2D eigenvalue weighted by Crippen LogP contribution is 2.29. The van der Waals surface area contributed by atoms with E-state index in [2.05, 4.69) is 20.8 Å². The highest BCUT2D eigenvalue weighted by atomic mass is 79.9. The zero-order valence-electron chi connectivity index (χ0n) is 10.9. The molecule has 2 unspecified atom stereocenters. The van der Waals surface area contributed by atoms with Crippen molar-refractivity contribution in [2.75, 3.05) is 13.2 Å². The molecule has 0 amide bonds. The van der Waals surface area contributed by atoms with Crippen molar-refractivity contribution >= 4 is 15.9 Å². The monoisotopic (exact) mass is 327 g/mol. The summed E-state index contributed by atoms with van der Waals surface area (Å²) < 4.78 is 20.1. The Hall–Kier alpha value is -0.450. The fraction of sp³-hybridized carbons (Fsp3) is 0.600. The van der Waals surface area contributed by atoms with Crippen LogP contribution < -0.4 is 0 Å². The largest absolute Gasteiger partial charge is 0.375 e. The minimum atomic E-state index is -0.169. The van der Waals surface area contributed by atoms with Crippen LogP contribution in [0.3, 0.4) is 0 Å². The SMILES string of the molecule is Fc1cc(Br)cc(CN2CCOC3CCCCC32)c1. The summed E-state index contributed by atoms with van der Waals surface area (Å²) in [6, 6.07) is 5.67. The maximum atomic E-state index is 13.4. The van der Waals surface area contributed by atoms with Crippen molar-refractivity contribution < 1.29 is 9.13 Å². The van der Waals surface area contributed by atoms with Gasteiger partial charge < -0.3 is 4.74 Å². The van der Waals surface area contributed by atoms with Crippen molar-refractivity contribution in [2.24, 2.45) is 0 Å². The topological polar surface area (TPSA) is 12.5 Å². The lowest BCUT2D eigenvalue weighted by molar-refractivity contribution is -0.0911. The quantitative estimate of drug-likeness (QED) is 0.820. The van der Waals surface area contributed by atoms with Gasteiger partial charge in [-0.15, -0.1) is 0 Å². The molecule has 2 atom stereocenters. The Morgan fingerprint density at radius 1 is 1.26 bits per heavy atom. The molecule has 1 aliphatic heterocycles. The average Bonchev–Trinajstić information content (AvgIpc) is 2.38. The summed E-state index contributed by atoms with van der Waals surface area (Å²) in [5, 5.41) is 0. The van der Waals surface area contributed by atoms with Crippen LogP contribution in [0, 0.1) is 5.82 Å². The maximum Gasteiger partial charge on any atom is 0.124 e. The van der Waals surface area contributed by atoms with Gasteiger partial charge in [0.25, 0.3) is 0 Å². The van der Waals surface area contributed by atoms with Crippen LogP contribution in [0.25, 0.3) is 0 Å². The molecule has 4 heteroatoms. The first-order valence-electron chi connectivity index (χ1n) is 7.03. The van der Waals surface area contributed by atoms with E-state index >= 15 is 0 Å². The van der Waals surface area contributed by atoms with Gasteiger partial charge in [0.2, 0.25) is 0 Å². The van der Waals surface area contributed by atoms with Crippen molar-refractivity contribution in [1.29, 1.82) is 0 Å². The number of morpholine rings is 1. The summed E-state index contributed by atoms with van der Waals surface area (Å²) in [4.78, 5) is 2.47. The number of hydrogen-bond donors (Lipinski definition) is 0. The molecule has 1 aromatic rings. The minimum Gasteiger partial charge on any atom is -0.375 e. The standard InChI is InChI=1S/C15H19BrFNO/c16-12-7-11(8-13(17)9-12)10-18-5-6-19-15-4-2-1-3-14(15)18/h7-9,14-15H,1-6,10H2. The van der Waals surface area contributed by atoms with Gasteiger partial charge in [0.1, 0.15) is 5.82 Å². The van der Waals surface area contributed by atoms with Crippen LogP contribution in [-0.4, -0.2) is 30.2 Å². The molecule has 2 aliphatic rings. The maximum absolute atomic E-state index is 13.4. The second-order valence-corrected chi connectivity index (χ2v) is 6.42. The fourth-order valence-electron chi connectivity index (χ4n) is 3.31. The molecule has 19 heavy (non-hydrogen) atoms. The lowest BCUT2D eigenvalue weighted by Gasteiger charge is -2.43. The van der Waals surface area contributed by atoms with Crippen molar-refractivity contribution in [1.82, 2.24) is 4.90 Å². The molecule has 1 saturated carbocycles. The Morgan fingerprint density at radius 3 is 2.95 bits per heavy atom. The molecular formula is C15H19BrFNO. The van der Waals surface area contributed by atoms with Crippen molar-refractivity contribution in [3.63, 3.8) is 0 Å². The van der Waals surface area contributed by atoms with Crippen LogP contribution in [0.15, 0.2) is 22.7 Å². The van der Waals surface area contributed by atoms with Crippen molar-refractivity contribution in [2.45, 2.75) is 44.4 Å². The third-order valence-corrected chi connectivity index (χ3v) is 4.61. The molecule has 0 radical (unpaired) electrons. The minimum absolute atomic E-state index is 0.169. The number of rotatable bonds is 2. The van der Waals surface area contributed by atoms with Crippen LogP contribution in [-0.2, 0) is 11.3 Å². The van der Waals surface area contributed by atoms with Crippen molar-refractivity contribution in [3.05, 3.63) is 34.1 Å². The molecule has 1 saturated heterocycles. The average molecular weight is 328 g/mol. The highest BCUT2D eigenvalue weighted by Gasteiger charge is 2.33. The van der Waals surface area contributed by atoms with E-state index in [1.807, 2.05) is 6.07 Å². The molecule has 3 rings (SSSR count). The number of ether oxygens (including phenoxy) is 1. The molecule has 1 aromatic carbocycles. The Labute approximate surface area is 122 Å². The zero-order valence-corrected chi connectivity index (χ0v) is 12.5. The number of nitrogens with zero attached hydrogens (tertiary/aromatic N) is 1. The molecule has 0 spiro atoms. The van der Waals surface area contributed by atoms with Gasteiger partial charge in [-0.1, -0.05) is 28.8 Å². The smallest absolute Gasteiger partial charge is 0.124 e. The van der Waals surface area contributed by atoms with E-state index in [0.29, 0.717) is 12.1 Å². The summed E-state index contributed by atoms with van der Waals surface area (Å²) >= 11 is 3.36. The Balaban J connectivity index is 1.74. The lowest BCUT2D eigenvalue weighted by atomic mass is 9.90.